The summed E-state index contributed by atoms with van der Waals surface area (Å²) in [6, 6.07) is 13.0. The van der Waals surface area contributed by atoms with E-state index in [1.165, 1.54) is 11.1 Å². The van der Waals surface area contributed by atoms with Gasteiger partial charge in [-0.2, -0.15) is 5.21 Å². The molecule has 0 radical (unpaired) electrons. The number of rotatable bonds is 3. The van der Waals surface area contributed by atoms with Gasteiger partial charge in [-0.3, -0.25) is 4.90 Å². The Morgan fingerprint density at radius 3 is 2.82 bits per heavy atom. The lowest BCUT2D eigenvalue weighted by Gasteiger charge is -2.31. The first-order valence-corrected chi connectivity index (χ1v) is 9.65. The molecule has 4 heterocycles. The monoisotopic (exact) mass is 377 g/mol. The van der Waals surface area contributed by atoms with Crippen molar-refractivity contribution in [3.8, 4) is 11.4 Å². The summed E-state index contributed by atoms with van der Waals surface area (Å²) in [5, 5.41) is 24.4. The second kappa shape index (κ2) is 6.96. The molecule has 1 aromatic carbocycles. The zero-order valence-electron chi connectivity index (χ0n) is 15.7. The molecular weight excluding hydrogens is 354 g/mol. The fourth-order valence-electron chi connectivity index (χ4n) is 4.39. The topological polar surface area (TPSA) is 94.1 Å². The summed E-state index contributed by atoms with van der Waals surface area (Å²) in [6.07, 6.45) is 2.34. The summed E-state index contributed by atoms with van der Waals surface area (Å²) in [7, 11) is 0. The number of aliphatic hydroxyl groups excluding tert-OH is 1. The minimum Gasteiger partial charge on any atom is -0.391 e. The molecule has 1 fully saturated rings. The van der Waals surface area contributed by atoms with Crippen molar-refractivity contribution in [3.05, 3.63) is 53.7 Å². The maximum Gasteiger partial charge on any atom is 0.204 e. The minimum atomic E-state index is -0.288. The third kappa shape index (κ3) is 3.04. The van der Waals surface area contributed by atoms with Gasteiger partial charge in [0.25, 0.3) is 0 Å². The molecule has 2 aromatic heterocycles. The molecule has 28 heavy (non-hydrogen) atoms. The maximum atomic E-state index is 10.2. The van der Waals surface area contributed by atoms with Crippen LogP contribution in [0.1, 0.15) is 30.5 Å². The van der Waals surface area contributed by atoms with Gasteiger partial charge >= 0.3 is 0 Å². The normalized spacial score (nSPS) is 23.1. The number of nitrogens with one attached hydrogen (secondary N) is 1. The number of hydrogen-bond acceptors (Lipinski definition) is 7. The SMILES string of the molecule is CC(c1ccc(-c2nn[nH]n2)cc1)N1Cc2cccnc2N2C[C@H](O)C[C@@H]2C1. The van der Waals surface area contributed by atoms with Gasteiger partial charge in [0.05, 0.1) is 6.10 Å². The second-order valence-corrected chi connectivity index (χ2v) is 7.64. The molecule has 2 N–H and O–H groups in total. The molecule has 144 valence electrons. The number of aliphatic hydroxyl groups is 1. The van der Waals surface area contributed by atoms with Crippen LogP contribution in [0.4, 0.5) is 5.82 Å². The van der Waals surface area contributed by atoms with E-state index in [-0.39, 0.29) is 18.2 Å². The van der Waals surface area contributed by atoms with E-state index in [4.69, 9.17) is 0 Å². The van der Waals surface area contributed by atoms with Gasteiger partial charge in [-0.15, -0.1) is 10.2 Å². The maximum absolute atomic E-state index is 10.2. The predicted molar refractivity (Wildman–Crippen MR) is 104 cm³/mol. The van der Waals surface area contributed by atoms with Crippen molar-refractivity contribution in [2.75, 3.05) is 18.0 Å². The van der Waals surface area contributed by atoms with Crippen molar-refractivity contribution in [2.24, 2.45) is 0 Å². The molecule has 5 rings (SSSR count). The van der Waals surface area contributed by atoms with Crippen LogP contribution < -0.4 is 4.90 Å². The number of pyridine rings is 1. The van der Waals surface area contributed by atoms with Crippen molar-refractivity contribution < 1.29 is 5.11 Å². The van der Waals surface area contributed by atoms with E-state index >= 15 is 0 Å². The van der Waals surface area contributed by atoms with Gasteiger partial charge in [-0.25, -0.2) is 4.98 Å². The van der Waals surface area contributed by atoms with E-state index in [0.29, 0.717) is 12.4 Å². The molecule has 0 aliphatic carbocycles. The van der Waals surface area contributed by atoms with Crippen LogP contribution in [0.2, 0.25) is 0 Å². The van der Waals surface area contributed by atoms with Gasteiger partial charge in [0, 0.05) is 49.0 Å². The Labute approximate surface area is 163 Å². The first-order chi connectivity index (χ1) is 13.7. The first kappa shape index (κ1) is 17.3. The average Bonchev–Trinajstić information content (AvgIpc) is 3.35. The second-order valence-electron chi connectivity index (χ2n) is 7.64. The quantitative estimate of drug-likeness (QED) is 0.718. The number of H-pyrrole nitrogens is 1. The molecule has 0 amide bonds. The number of fused-ring (bicyclic) bond motifs is 3. The van der Waals surface area contributed by atoms with Gasteiger partial charge in [0.1, 0.15) is 5.82 Å². The highest BCUT2D eigenvalue weighted by Crippen LogP contribution is 2.35. The minimum absolute atomic E-state index is 0.241. The van der Waals surface area contributed by atoms with Crippen LogP contribution in [0, 0.1) is 0 Å². The van der Waals surface area contributed by atoms with Crippen LogP contribution in [0.15, 0.2) is 42.6 Å². The van der Waals surface area contributed by atoms with Crippen LogP contribution >= 0.6 is 0 Å². The average molecular weight is 377 g/mol. The Kier molecular flexibility index (Phi) is 4.29. The fraction of sp³-hybridized carbons (Fsp3) is 0.400. The number of hydrogen-bond donors (Lipinski definition) is 2. The Balaban J connectivity index is 1.42. The highest BCUT2D eigenvalue weighted by Gasteiger charge is 2.37. The lowest BCUT2D eigenvalue weighted by atomic mass is 10.0. The summed E-state index contributed by atoms with van der Waals surface area (Å²) >= 11 is 0. The number of aromatic nitrogens is 5. The van der Waals surface area contributed by atoms with Crippen molar-refractivity contribution in [1.82, 2.24) is 30.5 Å². The lowest BCUT2D eigenvalue weighted by molar-refractivity contribution is 0.170. The molecule has 3 atom stereocenters. The van der Waals surface area contributed by atoms with E-state index < -0.39 is 0 Å². The van der Waals surface area contributed by atoms with Crippen molar-refractivity contribution in [1.29, 1.82) is 0 Å². The van der Waals surface area contributed by atoms with Crippen LogP contribution in [-0.2, 0) is 6.54 Å². The van der Waals surface area contributed by atoms with Crippen LogP contribution in [0.5, 0.6) is 0 Å². The molecule has 0 saturated carbocycles. The Hall–Kier alpha value is -2.84. The van der Waals surface area contributed by atoms with Crippen LogP contribution in [-0.4, -0.2) is 60.8 Å². The van der Waals surface area contributed by atoms with Crippen molar-refractivity contribution >= 4 is 5.82 Å². The van der Waals surface area contributed by atoms with Gasteiger partial charge in [0.2, 0.25) is 5.82 Å². The summed E-state index contributed by atoms with van der Waals surface area (Å²) in [5.41, 5.74) is 3.40. The molecule has 8 nitrogen and oxygen atoms in total. The van der Waals surface area contributed by atoms with Gasteiger partial charge in [-0.05, 0) is 30.2 Å². The predicted octanol–water partition coefficient (Wildman–Crippen LogP) is 1.78. The molecular formula is C20H23N7O. The number of tetrazole rings is 1. The standard InChI is InChI=1S/C20H23N7O/c1-13(14-4-6-15(7-5-14)19-22-24-25-23-19)26-10-16-3-2-8-21-20(16)27-12-18(28)9-17(27)11-26/h2-8,13,17-18,28H,9-12H2,1H3,(H,22,23,24,25)/t13?,17-,18-/m1/s1. The highest BCUT2D eigenvalue weighted by atomic mass is 16.3. The largest absolute Gasteiger partial charge is 0.391 e. The molecule has 8 heteroatoms. The van der Waals surface area contributed by atoms with E-state index in [9.17, 15) is 5.11 Å². The molecule has 2 aliphatic heterocycles. The summed E-state index contributed by atoms with van der Waals surface area (Å²) in [5.74, 6) is 1.62. The number of nitrogens with zero attached hydrogens (tertiary/aromatic N) is 6. The van der Waals surface area contributed by atoms with Crippen LogP contribution in [0.25, 0.3) is 11.4 Å². The molecule has 3 aromatic rings. The number of aromatic amines is 1. The third-order valence-corrected chi connectivity index (χ3v) is 5.89. The van der Waals surface area contributed by atoms with Crippen molar-refractivity contribution in [2.45, 2.75) is 38.1 Å². The number of anilines is 1. The van der Waals surface area contributed by atoms with Gasteiger partial charge in [0.15, 0.2) is 0 Å². The van der Waals surface area contributed by atoms with E-state index in [1.807, 2.05) is 24.4 Å². The molecule has 2 aliphatic rings. The Morgan fingerprint density at radius 1 is 1.18 bits per heavy atom. The zero-order chi connectivity index (χ0) is 19.1. The van der Waals surface area contributed by atoms with E-state index in [2.05, 4.69) is 60.5 Å². The Bertz CT molecular complexity index is 943. The molecule has 0 spiro atoms. The molecule has 0 bridgehead atoms. The van der Waals surface area contributed by atoms with Crippen LogP contribution in [0.3, 0.4) is 0 Å². The summed E-state index contributed by atoms with van der Waals surface area (Å²) in [6.45, 7) is 4.65. The van der Waals surface area contributed by atoms with Gasteiger partial charge < -0.3 is 10.0 Å². The lowest BCUT2D eigenvalue weighted by Crippen LogP contribution is -2.38. The summed E-state index contributed by atoms with van der Waals surface area (Å²) in [4.78, 5) is 9.39. The molecule has 1 unspecified atom stereocenters. The fourth-order valence-corrected chi connectivity index (χ4v) is 4.39. The van der Waals surface area contributed by atoms with E-state index in [1.54, 1.807) is 0 Å². The molecule has 1 saturated heterocycles. The van der Waals surface area contributed by atoms with E-state index in [0.717, 1.165) is 30.9 Å². The number of benzene rings is 1. The first-order valence-electron chi connectivity index (χ1n) is 9.65. The third-order valence-electron chi connectivity index (χ3n) is 5.89. The zero-order valence-corrected chi connectivity index (χ0v) is 15.7. The highest BCUT2D eigenvalue weighted by molar-refractivity contribution is 5.54. The van der Waals surface area contributed by atoms with Gasteiger partial charge in [-0.1, -0.05) is 30.3 Å². The Morgan fingerprint density at radius 2 is 2.04 bits per heavy atom. The smallest absolute Gasteiger partial charge is 0.204 e. The summed E-state index contributed by atoms with van der Waals surface area (Å²) < 4.78 is 0. The van der Waals surface area contributed by atoms with Crippen molar-refractivity contribution in [3.63, 3.8) is 0 Å².